The number of hydrogen-bond acceptors (Lipinski definition) is 3. The minimum atomic E-state index is -1.98. The van der Waals surface area contributed by atoms with E-state index >= 15 is 0 Å². The Morgan fingerprint density at radius 1 is 1.54 bits per heavy atom. The largest absolute Gasteiger partial charge is 0.507 e. The van der Waals surface area contributed by atoms with Gasteiger partial charge < -0.3 is 9.84 Å². The molecule has 0 rings (SSSR count). The summed E-state index contributed by atoms with van der Waals surface area (Å²) in [4.78, 5) is 10.7. The molecular weight excluding hydrogens is 290 g/mol. The van der Waals surface area contributed by atoms with E-state index in [-0.39, 0.29) is 23.7 Å². The molecule has 0 aromatic rings. The van der Waals surface area contributed by atoms with Crippen molar-refractivity contribution in [2.75, 3.05) is 6.61 Å². The van der Waals surface area contributed by atoms with Gasteiger partial charge in [0, 0.05) is 17.1 Å². The summed E-state index contributed by atoms with van der Waals surface area (Å²) in [5.74, 6) is -1.41. The molecule has 0 amide bonds. The summed E-state index contributed by atoms with van der Waals surface area (Å²) in [7, 11) is 0. The zero-order valence-corrected chi connectivity index (χ0v) is 9.69. The smallest absolute Gasteiger partial charge is 0.334 e. The Labute approximate surface area is 101 Å². The van der Waals surface area contributed by atoms with Gasteiger partial charge in [-0.2, -0.15) is 0 Å². The van der Waals surface area contributed by atoms with Crippen LogP contribution in [0.25, 0.3) is 0 Å². The summed E-state index contributed by atoms with van der Waals surface area (Å²) in [5.41, 5.74) is 0. The second-order valence-electron chi connectivity index (χ2n) is 1.78. The van der Waals surface area contributed by atoms with Crippen LogP contribution in [0.4, 0.5) is 0 Å². The molecular formula is C6H7Cl3CuO3. The zero-order chi connectivity index (χ0) is 9.78. The van der Waals surface area contributed by atoms with Crippen LogP contribution in [0.5, 0.6) is 0 Å². The second-order valence-corrected chi connectivity index (χ2v) is 4.06. The molecule has 1 N–H and O–H groups in total. The molecule has 0 bridgehead atoms. The fraction of sp³-hybridized carbons (Fsp3) is 0.500. The van der Waals surface area contributed by atoms with Crippen molar-refractivity contribution in [3.63, 3.8) is 0 Å². The van der Waals surface area contributed by atoms with E-state index in [0.29, 0.717) is 0 Å². The number of ether oxygens (including phenoxy) is 1. The van der Waals surface area contributed by atoms with E-state index in [9.17, 15) is 4.79 Å². The van der Waals surface area contributed by atoms with E-state index in [1.807, 2.05) is 0 Å². The van der Waals surface area contributed by atoms with E-state index < -0.39 is 15.5 Å². The van der Waals surface area contributed by atoms with Crippen LogP contribution in [0.1, 0.15) is 6.92 Å². The maximum atomic E-state index is 10.7. The average molecular weight is 297 g/mol. The predicted octanol–water partition coefficient (Wildman–Crippen LogP) is 2.36. The number of rotatable bonds is 2. The first-order chi connectivity index (χ1) is 5.38. The Kier molecular flexibility index (Phi) is 8.29. The third kappa shape index (κ3) is 7.47. The first-order valence-corrected chi connectivity index (χ1v) is 4.16. The summed E-state index contributed by atoms with van der Waals surface area (Å²) < 4.78 is 2.48. The van der Waals surface area contributed by atoms with Crippen LogP contribution in [0, 0.1) is 0 Å². The molecule has 0 aliphatic rings. The SMILES string of the molecule is CCOC(=O)/C=C(\O)C(Cl)(Cl)Cl.[Cu]. The van der Waals surface area contributed by atoms with Gasteiger partial charge in [0.25, 0.3) is 0 Å². The molecule has 0 saturated carbocycles. The van der Waals surface area contributed by atoms with E-state index in [0.717, 1.165) is 6.08 Å². The van der Waals surface area contributed by atoms with Gasteiger partial charge in [-0.1, -0.05) is 34.8 Å². The first kappa shape index (κ1) is 15.9. The molecule has 0 saturated heterocycles. The fourth-order valence-corrected chi connectivity index (χ4v) is 0.541. The van der Waals surface area contributed by atoms with E-state index in [1.165, 1.54) is 0 Å². The number of carbonyl (C=O) groups is 1. The molecule has 0 spiro atoms. The van der Waals surface area contributed by atoms with Crippen molar-refractivity contribution in [3.05, 3.63) is 11.8 Å². The topological polar surface area (TPSA) is 46.5 Å². The quantitative estimate of drug-likeness (QED) is 0.280. The number of alkyl halides is 3. The summed E-state index contributed by atoms with van der Waals surface area (Å²) in [6.45, 7) is 1.82. The Bertz CT molecular complexity index is 200. The van der Waals surface area contributed by atoms with Gasteiger partial charge in [0.2, 0.25) is 3.79 Å². The molecule has 0 aromatic heterocycles. The predicted molar refractivity (Wildman–Crippen MR) is 47.6 cm³/mol. The van der Waals surface area contributed by atoms with Gasteiger partial charge in [0.05, 0.1) is 12.7 Å². The number of esters is 1. The van der Waals surface area contributed by atoms with Gasteiger partial charge in [-0.15, -0.1) is 0 Å². The molecule has 0 atom stereocenters. The Hall–Kier alpha value is 0.399. The zero-order valence-electron chi connectivity index (χ0n) is 6.48. The third-order valence-electron chi connectivity index (χ3n) is 0.832. The number of halogens is 3. The van der Waals surface area contributed by atoms with Crippen LogP contribution >= 0.6 is 34.8 Å². The van der Waals surface area contributed by atoms with Crippen LogP contribution in [0.3, 0.4) is 0 Å². The van der Waals surface area contributed by atoms with Crippen molar-refractivity contribution in [2.45, 2.75) is 10.7 Å². The normalized spacial score (nSPS) is 11.8. The van der Waals surface area contributed by atoms with E-state index in [1.54, 1.807) is 6.92 Å². The monoisotopic (exact) mass is 295 g/mol. The van der Waals surface area contributed by atoms with Crippen molar-refractivity contribution in [3.8, 4) is 0 Å². The van der Waals surface area contributed by atoms with Crippen LogP contribution in [-0.4, -0.2) is 21.5 Å². The van der Waals surface area contributed by atoms with E-state index in [4.69, 9.17) is 39.9 Å². The van der Waals surface area contributed by atoms with Gasteiger partial charge in [-0.25, -0.2) is 4.79 Å². The number of hydrogen-bond donors (Lipinski definition) is 1. The van der Waals surface area contributed by atoms with Gasteiger partial charge >= 0.3 is 5.97 Å². The summed E-state index contributed by atoms with van der Waals surface area (Å²) in [6.07, 6.45) is 0.719. The third-order valence-corrected chi connectivity index (χ3v) is 1.41. The van der Waals surface area contributed by atoms with Crippen molar-refractivity contribution in [1.82, 2.24) is 0 Å². The number of aliphatic hydroxyl groups excluding tert-OH is 1. The Balaban J connectivity index is 0. The van der Waals surface area contributed by atoms with Crippen molar-refractivity contribution in [1.29, 1.82) is 0 Å². The van der Waals surface area contributed by atoms with Crippen molar-refractivity contribution >= 4 is 40.8 Å². The van der Waals surface area contributed by atoms with Gasteiger partial charge in [-0.05, 0) is 6.92 Å². The number of aliphatic hydroxyl groups is 1. The molecule has 0 aliphatic heterocycles. The van der Waals surface area contributed by atoms with Crippen molar-refractivity contribution in [2.24, 2.45) is 0 Å². The molecule has 0 unspecified atom stereocenters. The van der Waals surface area contributed by atoms with Gasteiger partial charge in [0.1, 0.15) is 0 Å². The molecule has 7 heteroatoms. The number of carbonyl (C=O) groups excluding carboxylic acids is 1. The second kappa shape index (κ2) is 6.79. The molecule has 13 heavy (non-hydrogen) atoms. The molecule has 0 aliphatic carbocycles. The van der Waals surface area contributed by atoms with E-state index in [2.05, 4.69) is 4.74 Å². The molecule has 3 nitrogen and oxygen atoms in total. The molecule has 0 fully saturated rings. The Morgan fingerprint density at radius 2 is 2.00 bits per heavy atom. The molecule has 0 aromatic carbocycles. The first-order valence-electron chi connectivity index (χ1n) is 3.02. The molecule has 1 radical (unpaired) electrons. The van der Waals surface area contributed by atoms with Gasteiger partial charge in [-0.3, -0.25) is 0 Å². The Morgan fingerprint density at radius 3 is 2.31 bits per heavy atom. The maximum Gasteiger partial charge on any atom is 0.334 e. The van der Waals surface area contributed by atoms with Crippen LogP contribution in [0.2, 0.25) is 0 Å². The molecule has 0 heterocycles. The maximum absolute atomic E-state index is 10.7. The van der Waals surface area contributed by atoms with Gasteiger partial charge in [0.15, 0.2) is 5.76 Å². The van der Waals surface area contributed by atoms with Crippen molar-refractivity contribution < 1.29 is 31.7 Å². The minimum absolute atomic E-state index is 0. The summed E-state index contributed by atoms with van der Waals surface area (Å²) >= 11 is 15.7. The minimum Gasteiger partial charge on any atom is -0.507 e. The standard InChI is InChI=1S/C6H7Cl3O3.Cu/c1-2-12-5(11)3-4(10)6(7,8)9;/h3,10H,2H2,1H3;/b4-3-;. The summed E-state index contributed by atoms with van der Waals surface area (Å²) in [6, 6.07) is 0. The average Bonchev–Trinajstić information content (AvgIpc) is 1.85. The molecule has 81 valence electrons. The van der Waals surface area contributed by atoms with Crippen LogP contribution in [-0.2, 0) is 26.6 Å². The number of allylic oxidation sites excluding steroid dienone is 1. The summed E-state index contributed by atoms with van der Waals surface area (Å²) in [5, 5.41) is 8.95. The van der Waals surface area contributed by atoms with Crippen LogP contribution < -0.4 is 0 Å². The fourth-order valence-electron chi connectivity index (χ4n) is 0.377. The van der Waals surface area contributed by atoms with Crippen LogP contribution in [0.15, 0.2) is 11.8 Å².